The molecule has 3 heterocycles. The van der Waals surface area contributed by atoms with E-state index in [1.165, 1.54) is 12.0 Å². The van der Waals surface area contributed by atoms with Crippen molar-refractivity contribution in [2.24, 2.45) is 5.92 Å². The normalized spacial score (nSPS) is 17.8. The third kappa shape index (κ3) is 3.04. The fourth-order valence-electron chi connectivity index (χ4n) is 3.61. The number of likely N-dealkylation sites (tertiary alicyclic amines) is 1. The molecule has 4 rings (SSSR count). The van der Waals surface area contributed by atoms with E-state index in [1.54, 1.807) is 6.20 Å². The molecule has 4 nitrogen and oxygen atoms in total. The van der Waals surface area contributed by atoms with Crippen molar-refractivity contribution >= 4 is 16.9 Å². The van der Waals surface area contributed by atoms with Crippen molar-refractivity contribution in [1.29, 1.82) is 0 Å². The highest BCUT2D eigenvalue weighted by Gasteiger charge is 2.22. The van der Waals surface area contributed by atoms with E-state index in [0.29, 0.717) is 11.5 Å². The van der Waals surface area contributed by atoms with Gasteiger partial charge in [0, 0.05) is 36.6 Å². The first-order valence-electron chi connectivity index (χ1n) is 8.95. The number of fused-ring (bicyclic) bond motifs is 1. The highest BCUT2D eigenvalue weighted by molar-refractivity contribution is 5.97. The number of benzene rings is 1. The van der Waals surface area contributed by atoms with E-state index < -0.39 is 0 Å². The van der Waals surface area contributed by atoms with Crippen LogP contribution in [0.3, 0.4) is 0 Å². The van der Waals surface area contributed by atoms with E-state index in [9.17, 15) is 4.79 Å². The van der Waals surface area contributed by atoms with Gasteiger partial charge in [-0.25, -0.2) is 4.98 Å². The molecule has 1 saturated heterocycles. The lowest BCUT2D eigenvalue weighted by molar-refractivity contribution is 0.0683. The van der Waals surface area contributed by atoms with Crippen molar-refractivity contribution < 1.29 is 4.79 Å². The molecule has 0 N–H and O–H groups in total. The van der Waals surface area contributed by atoms with Gasteiger partial charge in [0.1, 0.15) is 5.65 Å². The molecular weight excluding hydrogens is 310 g/mol. The zero-order valence-corrected chi connectivity index (χ0v) is 14.8. The summed E-state index contributed by atoms with van der Waals surface area (Å²) >= 11 is 0. The molecule has 4 heteroatoms. The molecule has 1 aromatic carbocycles. The third-order valence-corrected chi connectivity index (χ3v) is 5.03. The lowest BCUT2D eigenvalue weighted by Gasteiger charge is -2.30. The number of nitrogens with zero attached hydrogens (tertiary/aromatic N) is 3. The Bertz CT molecular complexity index is 911. The second-order valence-electron chi connectivity index (χ2n) is 7.16. The maximum absolute atomic E-state index is 12.8. The molecule has 1 atom stereocenters. The number of aryl methyl sites for hydroxylation is 1. The molecule has 0 aliphatic carbocycles. The SMILES string of the molecule is Cc1ccc(-n2ccc3cc(C(=O)N4CCC[C@H](C)C4)cnc32)cc1. The lowest BCUT2D eigenvalue weighted by atomic mass is 9.99. The van der Waals surface area contributed by atoms with Gasteiger partial charge in [0.25, 0.3) is 5.91 Å². The van der Waals surface area contributed by atoms with Gasteiger partial charge < -0.3 is 9.47 Å². The smallest absolute Gasteiger partial charge is 0.255 e. The van der Waals surface area contributed by atoms with Crippen molar-refractivity contribution in [1.82, 2.24) is 14.5 Å². The number of hydrogen-bond acceptors (Lipinski definition) is 2. The average Bonchev–Trinajstić information content (AvgIpc) is 3.05. The highest BCUT2D eigenvalue weighted by atomic mass is 16.2. The monoisotopic (exact) mass is 333 g/mol. The predicted octanol–water partition coefficient (Wildman–Crippen LogP) is 4.21. The summed E-state index contributed by atoms with van der Waals surface area (Å²) in [4.78, 5) is 19.3. The Hall–Kier alpha value is -2.62. The minimum absolute atomic E-state index is 0.101. The molecule has 0 unspecified atom stereocenters. The van der Waals surface area contributed by atoms with Crippen LogP contribution in [0.4, 0.5) is 0 Å². The van der Waals surface area contributed by atoms with Crippen LogP contribution < -0.4 is 0 Å². The van der Waals surface area contributed by atoms with Crippen molar-refractivity contribution in [2.45, 2.75) is 26.7 Å². The topological polar surface area (TPSA) is 38.1 Å². The van der Waals surface area contributed by atoms with Crippen LogP contribution in [-0.2, 0) is 0 Å². The van der Waals surface area contributed by atoms with Crippen LogP contribution in [0, 0.1) is 12.8 Å². The number of carbonyl (C=O) groups is 1. The van der Waals surface area contributed by atoms with Crippen molar-refractivity contribution in [3.8, 4) is 5.69 Å². The van der Waals surface area contributed by atoms with Gasteiger partial charge in [-0.05, 0) is 49.9 Å². The molecular formula is C21H23N3O. The fourth-order valence-corrected chi connectivity index (χ4v) is 3.61. The van der Waals surface area contributed by atoms with Crippen LogP contribution in [-0.4, -0.2) is 33.4 Å². The van der Waals surface area contributed by atoms with Crippen LogP contribution in [0.1, 0.15) is 35.7 Å². The number of pyridine rings is 1. The van der Waals surface area contributed by atoms with Gasteiger partial charge in [0.2, 0.25) is 0 Å². The Kier molecular flexibility index (Phi) is 4.04. The Labute approximate surface area is 148 Å². The number of aromatic nitrogens is 2. The Morgan fingerprint density at radius 3 is 2.76 bits per heavy atom. The van der Waals surface area contributed by atoms with E-state index >= 15 is 0 Å². The number of amides is 1. The molecule has 1 aliphatic rings. The second kappa shape index (κ2) is 6.36. The van der Waals surface area contributed by atoms with Gasteiger partial charge in [0.05, 0.1) is 5.56 Å². The molecule has 1 fully saturated rings. The van der Waals surface area contributed by atoms with Crippen LogP contribution in [0.25, 0.3) is 16.7 Å². The number of hydrogen-bond donors (Lipinski definition) is 0. The van der Waals surface area contributed by atoms with Crippen molar-refractivity contribution in [3.05, 3.63) is 59.9 Å². The average molecular weight is 333 g/mol. The van der Waals surface area contributed by atoms with E-state index in [-0.39, 0.29) is 5.91 Å². The molecule has 0 saturated carbocycles. The van der Waals surface area contributed by atoms with Crippen LogP contribution in [0.2, 0.25) is 0 Å². The Morgan fingerprint density at radius 1 is 1.20 bits per heavy atom. The summed E-state index contributed by atoms with van der Waals surface area (Å²) in [7, 11) is 0. The fraction of sp³-hybridized carbons (Fsp3) is 0.333. The maximum Gasteiger partial charge on any atom is 0.255 e. The number of carbonyl (C=O) groups excluding carboxylic acids is 1. The molecule has 128 valence electrons. The predicted molar refractivity (Wildman–Crippen MR) is 100 cm³/mol. The molecule has 1 aliphatic heterocycles. The quantitative estimate of drug-likeness (QED) is 0.705. The standard InChI is InChI=1S/C21H23N3O/c1-15-5-7-19(8-6-15)24-11-9-17-12-18(13-22-20(17)24)21(25)23-10-3-4-16(2)14-23/h5-9,11-13,16H,3-4,10,14H2,1-2H3/t16-/m0/s1. The van der Waals surface area contributed by atoms with E-state index in [0.717, 1.165) is 36.2 Å². The van der Waals surface area contributed by atoms with Crippen molar-refractivity contribution in [2.75, 3.05) is 13.1 Å². The summed E-state index contributed by atoms with van der Waals surface area (Å²) in [5.41, 5.74) is 3.88. The third-order valence-electron chi connectivity index (χ3n) is 5.03. The zero-order valence-electron chi connectivity index (χ0n) is 14.8. The van der Waals surface area contributed by atoms with Crippen LogP contribution >= 0.6 is 0 Å². The van der Waals surface area contributed by atoms with Gasteiger partial charge in [-0.15, -0.1) is 0 Å². The van der Waals surface area contributed by atoms with Gasteiger partial charge in [-0.3, -0.25) is 4.79 Å². The zero-order chi connectivity index (χ0) is 17.4. The first-order valence-corrected chi connectivity index (χ1v) is 8.95. The van der Waals surface area contributed by atoms with Crippen LogP contribution in [0.15, 0.2) is 48.8 Å². The van der Waals surface area contributed by atoms with Gasteiger partial charge in [0.15, 0.2) is 0 Å². The number of piperidine rings is 1. The Morgan fingerprint density at radius 2 is 2.00 bits per heavy atom. The molecule has 0 bridgehead atoms. The first kappa shape index (κ1) is 15.9. The minimum Gasteiger partial charge on any atom is -0.338 e. The van der Waals surface area contributed by atoms with Crippen LogP contribution in [0.5, 0.6) is 0 Å². The summed E-state index contributed by atoms with van der Waals surface area (Å²) < 4.78 is 2.06. The lowest BCUT2D eigenvalue weighted by Crippen LogP contribution is -2.39. The molecule has 0 spiro atoms. The summed E-state index contributed by atoms with van der Waals surface area (Å²) in [5.74, 6) is 0.682. The highest BCUT2D eigenvalue weighted by Crippen LogP contribution is 2.22. The molecule has 1 amide bonds. The maximum atomic E-state index is 12.8. The summed E-state index contributed by atoms with van der Waals surface area (Å²) in [6, 6.07) is 12.4. The van der Waals surface area contributed by atoms with E-state index in [2.05, 4.69) is 47.7 Å². The molecule has 3 aromatic rings. The van der Waals surface area contributed by atoms with Gasteiger partial charge >= 0.3 is 0 Å². The molecule has 0 radical (unpaired) electrons. The van der Waals surface area contributed by atoms with E-state index in [1.807, 2.05) is 23.2 Å². The summed E-state index contributed by atoms with van der Waals surface area (Å²) in [6.45, 7) is 5.99. The first-order chi connectivity index (χ1) is 12.1. The molecule has 2 aromatic heterocycles. The van der Waals surface area contributed by atoms with E-state index in [4.69, 9.17) is 0 Å². The largest absolute Gasteiger partial charge is 0.338 e. The van der Waals surface area contributed by atoms with Crippen molar-refractivity contribution in [3.63, 3.8) is 0 Å². The summed E-state index contributed by atoms with van der Waals surface area (Å²) in [6.07, 6.45) is 6.03. The Balaban J connectivity index is 1.65. The second-order valence-corrected chi connectivity index (χ2v) is 7.16. The number of rotatable bonds is 2. The molecule has 25 heavy (non-hydrogen) atoms. The van der Waals surface area contributed by atoms with Gasteiger partial charge in [-0.2, -0.15) is 0 Å². The summed E-state index contributed by atoms with van der Waals surface area (Å²) in [5, 5.41) is 0.997. The van der Waals surface area contributed by atoms with Gasteiger partial charge in [-0.1, -0.05) is 24.6 Å². The minimum atomic E-state index is 0.101.